The molecule has 3 N–H and O–H groups in total. The second kappa shape index (κ2) is 6.61. The van der Waals surface area contributed by atoms with Crippen molar-refractivity contribution in [3.63, 3.8) is 0 Å². The number of aryl methyl sites for hydroxylation is 2. The molecule has 128 valence electrons. The minimum Gasteiger partial charge on any atom is -0.507 e. The number of carbonyl (C=O) groups is 1. The van der Waals surface area contributed by atoms with Gasteiger partial charge in [0.15, 0.2) is 0 Å². The third-order valence-electron chi connectivity index (χ3n) is 4.05. The summed E-state index contributed by atoms with van der Waals surface area (Å²) in [5.74, 6) is -0.185. The molecule has 0 aliphatic carbocycles. The van der Waals surface area contributed by atoms with Crippen LogP contribution in [0.3, 0.4) is 0 Å². The highest BCUT2D eigenvalue weighted by atomic mass is 35.5. The molecular formula is C19H18ClN3O2. The van der Waals surface area contributed by atoms with Gasteiger partial charge in [-0.3, -0.25) is 9.89 Å². The Kier molecular flexibility index (Phi) is 4.51. The molecular weight excluding hydrogens is 338 g/mol. The molecule has 0 saturated heterocycles. The van der Waals surface area contributed by atoms with E-state index in [2.05, 4.69) is 15.5 Å². The normalized spacial score (nSPS) is 10.7. The van der Waals surface area contributed by atoms with Crippen LogP contribution in [0.2, 0.25) is 5.02 Å². The molecule has 3 rings (SSSR count). The Hall–Kier alpha value is -2.79. The van der Waals surface area contributed by atoms with E-state index in [9.17, 15) is 9.90 Å². The number of carbonyl (C=O) groups excluding carboxylic acids is 1. The van der Waals surface area contributed by atoms with E-state index in [0.29, 0.717) is 27.7 Å². The number of phenolic OH excluding ortho intramolecular Hbond substituents is 1. The first-order chi connectivity index (χ1) is 11.9. The van der Waals surface area contributed by atoms with Gasteiger partial charge in [0.2, 0.25) is 0 Å². The standard InChI is InChI=1S/C19H18ClN3O2/c1-10-7-11(2)18(17(24)8-10)15-9-16(23-22-15)19(25)21-14-6-4-5-13(20)12(14)3/h4-9,24H,1-3H3,(H,21,25)(H,22,23). The Labute approximate surface area is 150 Å². The number of halogens is 1. The molecule has 1 heterocycles. The number of amides is 1. The van der Waals surface area contributed by atoms with Crippen molar-refractivity contribution in [1.29, 1.82) is 0 Å². The number of rotatable bonds is 3. The molecule has 0 atom stereocenters. The topological polar surface area (TPSA) is 78.0 Å². The molecule has 5 nitrogen and oxygen atoms in total. The molecule has 2 aromatic carbocycles. The van der Waals surface area contributed by atoms with Crippen molar-refractivity contribution in [2.75, 3.05) is 5.32 Å². The summed E-state index contributed by atoms with van der Waals surface area (Å²) >= 11 is 6.08. The van der Waals surface area contributed by atoms with Crippen LogP contribution in [0.5, 0.6) is 5.75 Å². The first-order valence-corrected chi connectivity index (χ1v) is 8.17. The Morgan fingerprint density at radius 3 is 2.68 bits per heavy atom. The van der Waals surface area contributed by atoms with Gasteiger partial charge in [-0.25, -0.2) is 0 Å². The molecule has 25 heavy (non-hydrogen) atoms. The number of hydrogen-bond donors (Lipinski definition) is 3. The highest BCUT2D eigenvalue weighted by molar-refractivity contribution is 6.31. The largest absolute Gasteiger partial charge is 0.507 e. The number of nitrogens with one attached hydrogen (secondary N) is 2. The number of aromatic hydroxyl groups is 1. The van der Waals surface area contributed by atoms with Gasteiger partial charge in [0.25, 0.3) is 5.91 Å². The maximum absolute atomic E-state index is 12.5. The molecule has 0 fully saturated rings. The lowest BCUT2D eigenvalue weighted by Crippen LogP contribution is -2.13. The van der Waals surface area contributed by atoms with Crippen LogP contribution in [0, 0.1) is 20.8 Å². The van der Waals surface area contributed by atoms with E-state index in [-0.39, 0.29) is 11.7 Å². The predicted octanol–water partition coefficient (Wildman–Crippen LogP) is 4.61. The number of aromatic nitrogens is 2. The Balaban J connectivity index is 1.89. The highest BCUT2D eigenvalue weighted by Gasteiger charge is 2.16. The number of H-pyrrole nitrogens is 1. The van der Waals surface area contributed by atoms with Gasteiger partial charge < -0.3 is 10.4 Å². The van der Waals surface area contributed by atoms with Gasteiger partial charge in [0.1, 0.15) is 11.4 Å². The maximum atomic E-state index is 12.5. The fourth-order valence-corrected chi connectivity index (χ4v) is 2.95. The third-order valence-corrected chi connectivity index (χ3v) is 4.46. The lowest BCUT2D eigenvalue weighted by molar-refractivity contribution is 0.102. The second-order valence-electron chi connectivity index (χ2n) is 6.01. The zero-order valence-corrected chi connectivity index (χ0v) is 14.9. The van der Waals surface area contributed by atoms with E-state index in [4.69, 9.17) is 11.6 Å². The van der Waals surface area contributed by atoms with Crippen LogP contribution in [0.1, 0.15) is 27.2 Å². The molecule has 0 radical (unpaired) electrons. The zero-order valence-electron chi connectivity index (χ0n) is 14.1. The van der Waals surface area contributed by atoms with Gasteiger partial charge in [-0.1, -0.05) is 23.7 Å². The first-order valence-electron chi connectivity index (χ1n) is 7.79. The van der Waals surface area contributed by atoms with Crippen molar-refractivity contribution < 1.29 is 9.90 Å². The molecule has 0 saturated carbocycles. The number of hydrogen-bond acceptors (Lipinski definition) is 3. The maximum Gasteiger partial charge on any atom is 0.273 e. The summed E-state index contributed by atoms with van der Waals surface area (Å²) in [6, 6.07) is 10.6. The van der Waals surface area contributed by atoms with Crippen molar-refractivity contribution in [2.24, 2.45) is 0 Å². The molecule has 1 amide bonds. The van der Waals surface area contributed by atoms with Crippen LogP contribution in [0.25, 0.3) is 11.3 Å². The summed E-state index contributed by atoms with van der Waals surface area (Å²) < 4.78 is 0. The van der Waals surface area contributed by atoms with E-state index in [1.165, 1.54) is 0 Å². The lowest BCUT2D eigenvalue weighted by Gasteiger charge is -2.08. The van der Waals surface area contributed by atoms with E-state index < -0.39 is 0 Å². The van der Waals surface area contributed by atoms with E-state index in [1.54, 1.807) is 30.3 Å². The molecule has 3 aromatic rings. The molecule has 0 unspecified atom stereocenters. The fourth-order valence-electron chi connectivity index (χ4n) is 2.78. The Morgan fingerprint density at radius 2 is 1.96 bits per heavy atom. The monoisotopic (exact) mass is 355 g/mol. The van der Waals surface area contributed by atoms with Gasteiger partial charge in [0.05, 0.1) is 5.69 Å². The smallest absolute Gasteiger partial charge is 0.273 e. The van der Waals surface area contributed by atoms with Crippen LogP contribution >= 0.6 is 11.6 Å². The van der Waals surface area contributed by atoms with Gasteiger partial charge in [0, 0.05) is 16.3 Å². The number of anilines is 1. The van der Waals surface area contributed by atoms with Crippen LogP contribution in [-0.2, 0) is 0 Å². The number of phenols is 1. The molecule has 0 spiro atoms. The molecule has 0 aliphatic rings. The number of nitrogens with zero attached hydrogens (tertiary/aromatic N) is 1. The van der Waals surface area contributed by atoms with Crippen LogP contribution in [-0.4, -0.2) is 21.2 Å². The summed E-state index contributed by atoms with van der Waals surface area (Å²) in [7, 11) is 0. The number of benzene rings is 2. The summed E-state index contributed by atoms with van der Waals surface area (Å²) in [5, 5.41) is 20.5. The highest BCUT2D eigenvalue weighted by Crippen LogP contribution is 2.32. The molecule has 6 heteroatoms. The van der Waals surface area contributed by atoms with E-state index in [1.807, 2.05) is 26.8 Å². The van der Waals surface area contributed by atoms with E-state index >= 15 is 0 Å². The Bertz CT molecular complexity index is 940. The minimum atomic E-state index is -0.326. The molecule has 1 aromatic heterocycles. The second-order valence-corrected chi connectivity index (χ2v) is 6.42. The average Bonchev–Trinajstić information content (AvgIpc) is 3.00. The predicted molar refractivity (Wildman–Crippen MR) is 99.3 cm³/mol. The van der Waals surface area contributed by atoms with Crippen molar-refractivity contribution in [2.45, 2.75) is 20.8 Å². The van der Waals surface area contributed by atoms with Crippen LogP contribution in [0.4, 0.5) is 5.69 Å². The Morgan fingerprint density at radius 1 is 1.20 bits per heavy atom. The lowest BCUT2D eigenvalue weighted by atomic mass is 10.0. The SMILES string of the molecule is Cc1cc(C)c(-c2cc(C(=O)Nc3cccc(Cl)c3C)[nH]n2)c(O)c1. The fraction of sp³-hybridized carbons (Fsp3) is 0.158. The van der Waals surface area contributed by atoms with Crippen molar-refractivity contribution in [3.8, 4) is 17.0 Å². The zero-order chi connectivity index (χ0) is 18.1. The third kappa shape index (κ3) is 3.37. The summed E-state index contributed by atoms with van der Waals surface area (Å²) in [4.78, 5) is 12.5. The van der Waals surface area contributed by atoms with Gasteiger partial charge in [-0.05, 0) is 61.7 Å². The van der Waals surface area contributed by atoms with Crippen molar-refractivity contribution >= 4 is 23.2 Å². The van der Waals surface area contributed by atoms with Crippen LogP contribution in [0.15, 0.2) is 36.4 Å². The van der Waals surface area contributed by atoms with Gasteiger partial charge in [-0.2, -0.15) is 5.10 Å². The van der Waals surface area contributed by atoms with Gasteiger partial charge in [-0.15, -0.1) is 0 Å². The van der Waals surface area contributed by atoms with Crippen LogP contribution < -0.4 is 5.32 Å². The summed E-state index contributed by atoms with van der Waals surface area (Å²) in [6.45, 7) is 5.64. The first kappa shape index (κ1) is 17.0. The van der Waals surface area contributed by atoms with Crippen molar-refractivity contribution in [1.82, 2.24) is 10.2 Å². The minimum absolute atomic E-state index is 0.140. The molecule has 0 bridgehead atoms. The van der Waals surface area contributed by atoms with Gasteiger partial charge >= 0.3 is 0 Å². The van der Waals surface area contributed by atoms with Crippen molar-refractivity contribution in [3.05, 3.63) is 63.8 Å². The quantitative estimate of drug-likeness (QED) is 0.641. The van der Waals surface area contributed by atoms with E-state index in [0.717, 1.165) is 16.7 Å². The average molecular weight is 356 g/mol. The summed E-state index contributed by atoms with van der Waals surface area (Å²) in [5.41, 5.74) is 4.72. The number of aromatic amines is 1. The molecule has 0 aliphatic heterocycles. The summed E-state index contributed by atoms with van der Waals surface area (Å²) in [6.07, 6.45) is 0.